The van der Waals surface area contributed by atoms with Gasteiger partial charge in [0.2, 0.25) is 0 Å². The highest BCUT2D eigenvalue weighted by Gasteiger charge is 2.21. The molecule has 4 nitrogen and oxygen atoms in total. The number of nitrogens with zero attached hydrogens (tertiary/aromatic N) is 1. The van der Waals surface area contributed by atoms with E-state index < -0.39 is 27.3 Å². The number of nitriles is 1. The second-order valence-electron chi connectivity index (χ2n) is 6.35. The molecule has 150 valence electrons. The highest BCUT2D eigenvalue weighted by Crippen LogP contribution is 2.37. The molecule has 0 amide bonds. The lowest BCUT2D eigenvalue weighted by atomic mass is 10.1. The third-order valence-corrected chi connectivity index (χ3v) is 7.02. The standard InChI is InChI=1S/C21H11ClF2N2O2S2/c22-14-5-12(11-25)6-15(8-14)30(27,28)26-19-9-16(17(23)10-18(19)24)21-7-13-3-1-2-4-20(13)29-21/h1-10,26H. The summed E-state index contributed by atoms with van der Waals surface area (Å²) in [5, 5.41) is 9.95. The number of nitrogens with one attached hydrogen (secondary N) is 1. The summed E-state index contributed by atoms with van der Waals surface area (Å²) in [4.78, 5) is 0.224. The summed E-state index contributed by atoms with van der Waals surface area (Å²) in [6.45, 7) is 0. The Morgan fingerprint density at radius 1 is 1.00 bits per heavy atom. The Labute approximate surface area is 180 Å². The smallest absolute Gasteiger partial charge is 0.262 e. The summed E-state index contributed by atoms with van der Waals surface area (Å²) in [5.41, 5.74) is -0.310. The van der Waals surface area contributed by atoms with Crippen LogP contribution in [0, 0.1) is 23.0 Å². The van der Waals surface area contributed by atoms with Crippen molar-refractivity contribution < 1.29 is 17.2 Å². The zero-order valence-corrected chi connectivity index (χ0v) is 17.4. The number of anilines is 1. The van der Waals surface area contributed by atoms with Gasteiger partial charge in [-0.15, -0.1) is 11.3 Å². The Balaban J connectivity index is 1.77. The maximum atomic E-state index is 14.5. The summed E-state index contributed by atoms with van der Waals surface area (Å²) >= 11 is 7.18. The summed E-state index contributed by atoms with van der Waals surface area (Å²) in [7, 11) is -4.27. The Hall–Kier alpha value is -2.99. The van der Waals surface area contributed by atoms with Gasteiger partial charge in [0.15, 0.2) is 0 Å². The highest BCUT2D eigenvalue weighted by molar-refractivity contribution is 7.92. The van der Waals surface area contributed by atoms with Gasteiger partial charge in [-0.1, -0.05) is 29.8 Å². The minimum atomic E-state index is -4.27. The van der Waals surface area contributed by atoms with Crippen LogP contribution in [0.25, 0.3) is 20.5 Å². The fourth-order valence-electron chi connectivity index (χ4n) is 2.92. The van der Waals surface area contributed by atoms with Gasteiger partial charge < -0.3 is 0 Å². The van der Waals surface area contributed by atoms with E-state index in [1.807, 2.05) is 30.3 Å². The van der Waals surface area contributed by atoms with Gasteiger partial charge in [-0.2, -0.15) is 5.26 Å². The van der Waals surface area contributed by atoms with Gasteiger partial charge in [0, 0.05) is 26.2 Å². The first-order chi connectivity index (χ1) is 14.3. The molecule has 1 heterocycles. The zero-order chi connectivity index (χ0) is 21.5. The number of sulfonamides is 1. The lowest BCUT2D eigenvalue weighted by molar-refractivity contribution is 0.585. The number of thiophene rings is 1. The molecule has 4 rings (SSSR count). The molecule has 0 aliphatic rings. The highest BCUT2D eigenvalue weighted by atomic mass is 35.5. The van der Waals surface area contributed by atoms with Crippen LogP contribution in [-0.4, -0.2) is 8.42 Å². The van der Waals surface area contributed by atoms with E-state index in [2.05, 4.69) is 4.72 Å². The van der Waals surface area contributed by atoms with Crippen molar-refractivity contribution in [3.63, 3.8) is 0 Å². The molecular formula is C21H11ClF2N2O2S2. The minimum absolute atomic E-state index is 0.0356. The second-order valence-corrected chi connectivity index (χ2v) is 9.56. The van der Waals surface area contributed by atoms with Crippen molar-refractivity contribution >= 4 is 48.7 Å². The van der Waals surface area contributed by atoms with Crippen molar-refractivity contribution in [2.75, 3.05) is 4.72 Å². The molecule has 0 spiro atoms. The molecule has 3 aromatic carbocycles. The van der Waals surface area contributed by atoms with Gasteiger partial charge in [-0.25, -0.2) is 17.2 Å². The molecule has 0 saturated carbocycles. The quantitative estimate of drug-likeness (QED) is 0.395. The molecule has 0 atom stereocenters. The summed E-state index contributed by atoms with van der Waals surface area (Å²) in [6.07, 6.45) is 0. The zero-order valence-electron chi connectivity index (χ0n) is 15.0. The molecular weight excluding hydrogens is 450 g/mol. The molecule has 0 saturated heterocycles. The van der Waals surface area contributed by atoms with Crippen molar-refractivity contribution in [2.45, 2.75) is 4.90 Å². The van der Waals surface area contributed by atoms with Gasteiger partial charge in [-0.3, -0.25) is 4.72 Å². The number of benzene rings is 3. The molecule has 30 heavy (non-hydrogen) atoms. The number of rotatable bonds is 4. The predicted molar refractivity (Wildman–Crippen MR) is 114 cm³/mol. The van der Waals surface area contributed by atoms with Gasteiger partial charge in [0.05, 0.1) is 22.2 Å². The number of hydrogen-bond acceptors (Lipinski definition) is 4. The van der Waals surface area contributed by atoms with Gasteiger partial charge in [0.25, 0.3) is 10.0 Å². The van der Waals surface area contributed by atoms with Crippen LogP contribution in [0.4, 0.5) is 14.5 Å². The summed E-state index contributed by atoms with van der Waals surface area (Å²) in [6, 6.07) is 16.3. The van der Waals surface area contributed by atoms with E-state index in [1.165, 1.54) is 17.4 Å². The van der Waals surface area contributed by atoms with Gasteiger partial charge in [0.1, 0.15) is 11.6 Å². The van der Waals surface area contributed by atoms with E-state index in [0.29, 0.717) is 10.9 Å². The van der Waals surface area contributed by atoms with E-state index in [-0.39, 0.29) is 21.0 Å². The summed E-state index contributed by atoms with van der Waals surface area (Å²) in [5.74, 6) is -1.88. The first kappa shape index (κ1) is 20.3. The fraction of sp³-hybridized carbons (Fsp3) is 0. The average Bonchev–Trinajstić information content (AvgIpc) is 3.13. The van der Waals surface area contributed by atoms with Crippen LogP contribution >= 0.6 is 22.9 Å². The first-order valence-electron chi connectivity index (χ1n) is 8.48. The monoisotopic (exact) mass is 460 g/mol. The largest absolute Gasteiger partial charge is 0.277 e. The minimum Gasteiger partial charge on any atom is -0.277 e. The van der Waals surface area contributed by atoms with Gasteiger partial charge in [-0.05, 0) is 41.8 Å². The fourth-order valence-corrected chi connectivity index (χ4v) is 5.43. The van der Waals surface area contributed by atoms with Gasteiger partial charge >= 0.3 is 0 Å². The van der Waals surface area contributed by atoms with Crippen LogP contribution in [0.2, 0.25) is 5.02 Å². The van der Waals surface area contributed by atoms with Crippen LogP contribution in [0.5, 0.6) is 0 Å². The number of fused-ring (bicyclic) bond motifs is 1. The Bertz CT molecular complexity index is 1410. The second kappa shape index (κ2) is 7.69. The van der Waals surface area contributed by atoms with Crippen molar-refractivity contribution in [1.82, 2.24) is 0 Å². The number of halogens is 3. The predicted octanol–water partition coefficient (Wildman–Crippen LogP) is 6.17. The normalized spacial score (nSPS) is 11.4. The van der Waals surface area contributed by atoms with Crippen molar-refractivity contribution in [3.05, 3.63) is 82.9 Å². The maximum absolute atomic E-state index is 14.5. The van der Waals surface area contributed by atoms with Crippen LogP contribution in [0.15, 0.2) is 65.6 Å². The molecule has 0 radical (unpaired) electrons. The van der Waals surface area contributed by atoms with Crippen LogP contribution < -0.4 is 4.72 Å². The van der Waals surface area contributed by atoms with Crippen molar-refractivity contribution in [1.29, 1.82) is 5.26 Å². The van der Waals surface area contributed by atoms with E-state index in [9.17, 15) is 17.2 Å². The Morgan fingerprint density at radius 3 is 2.50 bits per heavy atom. The van der Waals surface area contributed by atoms with E-state index in [1.54, 1.807) is 6.07 Å². The van der Waals surface area contributed by atoms with Crippen LogP contribution in [-0.2, 0) is 10.0 Å². The molecule has 0 aliphatic heterocycles. The molecule has 0 fully saturated rings. The van der Waals surface area contributed by atoms with Crippen molar-refractivity contribution in [3.8, 4) is 16.5 Å². The molecule has 0 aliphatic carbocycles. The molecule has 0 unspecified atom stereocenters. The first-order valence-corrected chi connectivity index (χ1v) is 11.2. The maximum Gasteiger partial charge on any atom is 0.262 e. The lowest BCUT2D eigenvalue weighted by Gasteiger charge is -2.11. The molecule has 0 bridgehead atoms. The molecule has 1 aromatic heterocycles. The van der Waals surface area contributed by atoms with E-state index in [4.69, 9.17) is 16.9 Å². The third-order valence-electron chi connectivity index (χ3n) is 4.30. The molecule has 9 heteroatoms. The van der Waals surface area contributed by atoms with Crippen molar-refractivity contribution in [2.24, 2.45) is 0 Å². The third kappa shape index (κ3) is 3.87. The molecule has 4 aromatic rings. The van der Waals surface area contributed by atoms with E-state index >= 15 is 0 Å². The SMILES string of the molecule is N#Cc1cc(Cl)cc(S(=O)(=O)Nc2cc(-c3cc4ccccc4s3)c(F)cc2F)c1. The van der Waals surface area contributed by atoms with Crippen LogP contribution in [0.1, 0.15) is 5.56 Å². The Morgan fingerprint density at radius 2 is 1.77 bits per heavy atom. The van der Waals surface area contributed by atoms with E-state index in [0.717, 1.165) is 28.3 Å². The summed E-state index contributed by atoms with van der Waals surface area (Å²) < 4.78 is 57.3. The Kier molecular flexibility index (Phi) is 5.20. The topological polar surface area (TPSA) is 70.0 Å². The lowest BCUT2D eigenvalue weighted by Crippen LogP contribution is -2.14. The number of hydrogen-bond donors (Lipinski definition) is 1. The average molecular weight is 461 g/mol. The van der Waals surface area contributed by atoms with Crippen LogP contribution in [0.3, 0.4) is 0 Å². The molecule has 1 N–H and O–H groups in total.